The first kappa shape index (κ1) is 18.9. The van der Waals surface area contributed by atoms with E-state index in [9.17, 15) is 13.6 Å². The van der Waals surface area contributed by atoms with E-state index in [0.29, 0.717) is 11.0 Å². The van der Waals surface area contributed by atoms with Crippen molar-refractivity contribution < 1.29 is 13.6 Å². The third-order valence-corrected chi connectivity index (χ3v) is 4.82. The van der Waals surface area contributed by atoms with Gasteiger partial charge in [-0.25, -0.2) is 18.7 Å². The van der Waals surface area contributed by atoms with E-state index in [-0.39, 0.29) is 17.1 Å². The van der Waals surface area contributed by atoms with E-state index >= 15 is 0 Å². The monoisotopic (exact) mass is 392 g/mol. The zero-order chi connectivity index (χ0) is 19.6. The third kappa shape index (κ3) is 3.65. The number of hydrogen-bond acceptors (Lipinski definition) is 6. The number of nitrogens with one attached hydrogen (secondary N) is 2. The number of aryl methyl sites for hydroxylation is 1. The van der Waals surface area contributed by atoms with Gasteiger partial charge in [-0.15, -0.1) is 0 Å². The number of nitrogens with two attached hydrogens (primary N) is 1. The summed E-state index contributed by atoms with van der Waals surface area (Å²) in [7, 11) is 1.68. The topological polar surface area (TPSA) is 97.9 Å². The third-order valence-electron chi connectivity index (χ3n) is 3.84. The Balaban J connectivity index is 1.93. The van der Waals surface area contributed by atoms with Gasteiger partial charge in [0.1, 0.15) is 28.9 Å². The quantitative estimate of drug-likeness (QED) is 0.438. The summed E-state index contributed by atoms with van der Waals surface area (Å²) in [6.45, 7) is 1.99. The van der Waals surface area contributed by atoms with Crippen LogP contribution in [-0.2, 0) is 7.05 Å². The number of hydrogen-bond donors (Lipinski definition) is 3. The van der Waals surface area contributed by atoms with Gasteiger partial charge in [-0.3, -0.25) is 4.79 Å². The second kappa shape index (κ2) is 7.78. The molecule has 0 saturated heterocycles. The predicted molar refractivity (Wildman–Crippen MR) is 104 cm³/mol. The fourth-order valence-electron chi connectivity index (χ4n) is 2.58. The van der Waals surface area contributed by atoms with Crippen LogP contribution in [0.1, 0.15) is 23.7 Å². The Bertz CT molecular complexity index is 1010. The molecule has 0 aliphatic heterocycles. The summed E-state index contributed by atoms with van der Waals surface area (Å²) >= 11 is 1.30. The van der Waals surface area contributed by atoms with Crippen molar-refractivity contribution >= 4 is 46.1 Å². The van der Waals surface area contributed by atoms with Crippen LogP contribution in [0.25, 0.3) is 11.0 Å². The number of fused-ring (bicyclic) bond motifs is 1. The maximum absolute atomic E-state index is 14.6. The second-order valence-electron chi connectivity index (χ2n) is 5.80. The number of aromatic nitrogens is 3. The molecule has 0 spiro atoms. The molecule has 27 heavy (non-hydrogen) atoms. The minimum atomic E-state index is -0.874. The van der Waals surface area contributed by atoms with Gasteiger partial charge in [-0.1, -0.05) is 18.9 Å². The molecule has 3 aromatic rings. The molecule has 4 N–H and O–H groups in total. The Morgan fingerprint density at radius 3 is 2.85 bits per heavy atom. The first-order valence-electron chi connectivity index (χ1n) is 8.16. The smallest absolute Gasteiger partial charge is 0.259 e. The van der Waals surface area contributed by atoms with Crippen molar-refractivity contribution in [1.82, 2.24) is 14.5 Å². The van der Waals surface area contributed by atoms with E-state index in [1.165, 1.54) is 30.5 Å². The fourth-order valence-corrected chi connectivity index (χ4v) is 3.20. The van der Waals surface area contributed by atoms with Crippen molar-refractivity contribution in [1.29, 1.82) is 0 Å². The first-order chi connectivity index (χ1) is 12.9. The van der Waals surface area contributed by atoms with Gasteiger partial charge in [0.15, 0.2) is 11.6 Å². The van der Waals surface area contributed by atoms with Crippen LogP contribution in [0.15, 0.2) is 24.7 Å². The van der Waals surface area contributed by atoms with Crippen molar-refractivity contribution in [3.8, 4) is 0 Å². The van der Waals surface area contributed by atoms with Gasteiger partial charge in [0.2, 0.25) is 0 Å². The lowest BCUT2D eigenvalue weighted by molar-refractivity contribution is 0.102. The maximum Gasteiger partial charge on any atom is 0.259 e. The minimum absolute atomic E-state index is 0.0923. The molecule has 0 aliphatic rings. The van der Waals surface area contributed by atoms with Crippen LogP contribution in [-0.4, -0.2) is 26.2 Å². The van der Waals surface area contributed by atoms with Crippen LogP contribution in [0.4, 0.5) is 26.0 Å². The highest BCUT2D eigenvalue weighted by molar-refractivity contribution is 8.00. The van der Waals surface area contributed by atoms with Crippen LogP contribution < -0.4 is 15.8 Å². The van der Waals surface area contributed by atoms with E-state index in [0.717, 1.165) is 18.2 Å². The number of amides is 1. The second-order valence-corrected chi connectivity index (χ2v) is 6.70. The van der Waals surface area contributed by atoms with Crippen LogP contribution in [0.2, 0.25) is 0 Å². The number of nitrogen functional groups attached to an aromatic ring is 1. The number of nitrogens with zero attached hydrogens (tertiary/aromatic N) is 3. The molecular formula is C17H18F2N6OS. The normalized spacial score (nSPS) is 11.0. The molecular weight excluding hydrogens is 374 g/mol. The van der Waals surface area contributed by atoms with Crippen molar-refractivity contribution in [2.45, 2.75) is 13.3 Å². The molecule has 7 nitrogen and oxygen atoms in total. The van der Waals surface area contributed by atoms with Gasteiger partial charge in [0.05, 0.1) is 11.3 Å². The molecule has 1 aromatic carbocycles. The molecule has 3 rings (SSSR count). The highest BCUT2D eigenvalue weighted by Gasteiger charge is 2.21. The van der Waals surface area contributed by atoms with E-state index in [1.54, 1.807) is 11.6 Å². The zero-order valence-electron chi connectivity index (χ0n) is 14.7. The summed E-state index contributed by atoms with van der Waals surface area (Å²) in [4.78, 5) is 20.6. The maximum atomic E-state index is 14.6. The first-order valence-corrected chi connectivity index (χ1v) is 9.15. The lowest BCUT2D eigenvalue weighted by Crippen LogP contribution is -2.15. The molecule has 142 valence electrons. The van der Waals surface area contributed by atoms with Gasteiger partial charge in [-0.2, -0.15) is 0 Å². The highest BCUT2D eigenvalue weighted by Crippen LogP contribution is 2.29. The number of carbonyl (C=O) groups excluding carboxylic acids is 1. The van der Waals surface area contributed by atoms with Gasteiger partial charge < -0.3 is 20.3 Å². The Morgan fingerprint density at radius 1 is 1.33 bits per heavy atom. The summed E-state index contributed by atoms with van der Waals surface area (Å²) < 4.78 is 33.2. The fraction of sp³-hybridized carbons (Fsp3) is 0.235. The van der Waals surface area contributed by atoms with Crippen LogP contribution in [0.5, 0.6) is 0 Å². The molecule has 2 heterocycles. The summed E-state index contributed by atoms with van der Waals surface area (Å²) in [5, 5.41) is 2.30. The Labute approximate surface area is 158 Å². The number of carbonyl (C=O) groups is 1. The van der Waals surface area contributed by atoms with Crippen LogP contribution >= 0.6 is 11.9 Å². The molecule has 0 bridgehead atoms. The molecule has 0 saturated carbocycles. The Kier molecular flexibility index (Phi) is 5.45. The lowest BCUT2D eigenvalue weighted by atomic mass is 10.2. The average molecular weight is 392 g/mol. The largest absolute Gasteiger partial charge is 0.382 e. The number of halogens is 2. The molecule has 2 aromatic heterocycles. The zero-order valence-corrected chi connectivity index (χ0v) is 15.5. The highest BCUT2D eigenvalue weighted by atomic mass is 32.2. The molecule has 0 radical (unpaired) electrons. The van der Waals surface area contributed by atoms with E-state index in [1.807, 2.05) is 6.92 Å². The Hall–Kier alpha value is -2.88. The minimum Gasteiger partial charge on any atom is -0.382 e. The van der Waals surface area contributed by atoms with Crippen molar-refractivity contribution in [2.24, 2.45) is 7.05 Å². The molecule has 0 atom stereocenters. The molecule has 1 amide bonds. The van der Waals surface area contributed by atoms with Gasteiger partial charge >= 0.3 is 0 Å². The van der Waals surface area contributed by atoms with Crippen LogP contribution in [0, 0.1) is 11.6 Å². The predicted octanol–water partition coefficient (Wildman–Crippen LogP) is 3.55. The van der Waals surface area contributed by atoms with E-state index < -0.39 is 23.2 Å². The van der Waals surface area contributed by atoms with Crippen molar-refractivity contribution in [2.75, 3.05) is 21.5 Å². The Morgan fingerprint density at radius 2 is 2.11 bits per heavy atom. The standard InChI is InChI=1S/C17H18F2N6OS/c1-3-6-27-24-11-5-4-10(18)14(12(11)19)23-17(26)9-7-25(2)15-13(9)21-8-22-16(15)20/h4-5,7-8,24H,3,6H2,1-2H3,(H,23,26)(H2,20,21,22). The average Bonchev–Trinajstić information content (AvgIpc) is 2.99. The SMILES string of the molecule is CCCSNc1ccc(F)c(NC(=O)c2cn(C)c3c(N)ncnc23)c1F. The summed E-state index contributed by atoms with van der Waals surface area (Å²) in [6, 6.07) is 2.38. The summed E-state index contributed by atoms with van der Waals surface area (Å²) in [5.41, 5.74) is 6.29. The van der Waals surface area contributed by atoms with Crippen molar-refractivity contribution in [3.05, 3.63) is 41.9 Å². The summed E-state index contributed by atoms with van der Waals surface area (Å²) in [6.07, 6.45) is 3.61. The van der Waals surface area contributed by atoms with E-state index in [2.05, 4.69) is 20.0 Å². The van der Waals surface area contributed by atoms with E-state index in [4.69, 9.17) is 5.73 Å². The summed E-state index contributed by atoms with van der Waals surface area (Å²) in [5.74, 6) is -1.48. The number of rotatable bonds is 6. The molecule has 0 aliphatic carbocycles. The number of anilines is 3. The molecule has 10 heteroatoms. The van der Waals surface area contributed by atoms with Gasteiger partial charge in [0.25, 0.3) is 5.91 Å². The van der Waals surface area contributed by atoms with Crippen molar-refractivity contribution in [3.63, 3.8) is 0 Å². The van der Waals surface area contributed by atoms with Gasteiger partial charge in [0, 0.05) is 19.0 Å². The molecule has 0 unspecified atom stereocenters. The lowest BCUT2D eigenvalue weighted by Gasteiger charge is -2.11. The van der Waals surface area contributed by atoms with Gasteiger partial charge in [-0.05, 0) is 18.6 Å². The number of benzene rings is 1. The molecule has 0 fully saturated rings. The van der Waals surface area contributed by atoms with Crippen LogP contribution in [0.3, 0.4) is 0 Å².